The van der Waals surface area contributed by atoms with Crippen LogP contribution in [0.4, 0.5) is 0 Å². The predicted octanol–water partition coefficient (Wildman–Crippen LogP) is 3.02. The highest BCUT2D eigenvalue weighted by molar-refractivity contribution is 5.27. The molecule has 0 aliphatic carbocycles. The molecule has 2 nitrogen and oxygen atoms in total. The minimum absolute atomic E-state index is 0.951. The van der Waals surface area contributed by atoms with Crippen molar-refractivity contribution in [2.75, 3.05) is 20.2 Å². The van der Waals surface area contributed by atoms with Crippen LogP contribution < -0.4 is 10.1 Å². The molecular weight excluding hydrogens is 210 g/mol. The highest BCUT2D eigenvalue weighted by Gasteiger charge is 2.12. The first-order valence-corrected chi connectivity index (χ1v) is 6.72. The maximum absolute atomic E-state index is 5.16. The molecular formula is C15H23NO. The first kappa shape index (κ1) is 12.4. The van der Waals surface area contributed by atoms with Crippen LogP contribution in [-0.4, -0.2) is 20.2 Å². The zero-order valence-electron chi connectivity index (χ0n) is 10.7. The van der Waals surface area contributed by atoms with Crippen molar-refractivity contribution in [1.82, 2.24) is 5.32 Å². The topological polar surface area (TPSA) is 21.3 Å². The van der Waals surface area contributed by atoms with E-state index in [1.807, 2.05) is 0 Å². The van der Waals surface area contributed by atoms with E-state index in [0.29, 0.717) is 0 Å². The van der Waals surface area contributed by atoms with Gasteiger partial charge in [0.15, 0.2) is 0 Å². The molecule has 0 bridgehead atoms. The largest absolute Gasteiger partial charge is 0.497 e. The summed E-state index contributed by atoms with van der Waals surface area (Å²) in [4.78, 5) is 0. The minimum atomic E-state index is 0.951. The average Bonchev–Trinajstić information content (AvgIpc) is 2.41. The number of hydrogen-bond acceptors (Lipinski definition) is 2. The smallest absolute Gasteiger partial charge is 0.118 e. The fourth-order valence-corrected chi connectivity index (χ4v) is 2.56. The second-order valence-electron chi connectivity index (χ2n) is 4.93. The lowest BCUT2D eigenvalue weighted by atomic mass is 9.91. The fraction of sp³-hybridized carbons (Fsp3) is 0.600. The third kappa shape index (κ3) is 4.04. The zero-order chi connectivity index (χ0) is 11.9. The first-order valence-electron chi connectivity index (χ1n) is 6.72. The number of benzene rings is 1. The maximum Gasteiger partial charge on any atom is 0.118 e. The van der Waals surface area contributed by atoms with Crippen LogP contribution in [0.1, 0.15) is 31.2 Å². The lowest BCUT2D eigenvalue weighted by Crippen LogP contribution is -2.27. The quantitative estimate of drug-likeness (QED) is 0.844. The molecule has 17 heavy (non-hydrogen) atoms. The fourth-order valence-electron chi connectivity index (χ4n) is 2.56. The van der Waals surface area contributed by atoms with E-state index in [2.05, 4.69) is 29.6 Å². The Kier molecular flexibility index (Phi) is 4.87. The first-order chi connectivity index (χ1) is 8.38. The summed E-state index contributed by atoms with van der Waals surface area (Å²) in [6.45, 7) is 2.43. The van der Waals surface area contributed by atoms with Crippen molar-refractivity contribution in [1.29, 1.82) is 0 Å². The number of aryl methyl sites for hydroxylation is 1. The van der Waals surface area contributed by atoms with Gasteiger partial charge in [-0.25, -0.2) is 0 Å². The average molecular weight is 233 g/mol. The Hall–Kier alpha value is -1.02. The molecule has 0 radical (unpaired) electrons. The van der Waals surface area contributed by atoms with Crippen LogP contribution in [0.2, 0.25) is 0 Å². The normalized spacial score (nSPS) is 17.0. The van der Waals surface area contributed by atoms with Gasteiger partial charge in [-0.15, -0.1) is 0 Å². The van der Waals surface area contributed by atoms with Crippen LogP contribution >= 0.6 is 0 Å². The summed E-state index contributed by atoms with van der Waals surface area (Å²) < 4.78 is 5.16. The lowest BCUT2D eigenvalue weighted by molar-refractivity contribution is 0.347. The molecule has 1 aliphatic rings. The summed E-state index contributed by atoms with van der Waals surface area (Å²) in [5.74, 6) is 1.90. The molecule has 0 unspecified atom stereocenters. The minimum Gasteiger partial charge on any atom is -0.497 e. The molecule has 2 heteroatoms. The molecule has 0 amide bonds. The number of methoxy groups -OCH3 is 1. The van der Waals surface area contributed by atoms with Gasteiger partial charge in [-0.05, 0) is 62.4 Å². The van der Waals surface area contributed by atoms with E-state index in [1.54, 1.807) is 7.11 Å². The van der Waals surface area contributed by atoms with Crippen molar-refractivity contribution >= 4 is 0 Å². The van der Waals surface area contributed by atoms with Crippen molar-refractivity contribution in [3.8, 4) is 5.75 Å². The van der Waals surface area contributed by atoms with Gasteiger partial charge in [0, 0.05) is 0 Å². The summed E-state index contributed by atoms with van der Waals surface area (Å²) in [5, 5.41) is 3.42. The molecule has 2 rings (SSSR count). The van der Waals surface area contributed by atoms with Crippen LogP contribution in [0.3, 0.4) is 0 Å². The van der Waals surface area contributed by atoms with Crippen molar-refractivity contribution in [3.63, 3.8) is 0 Å². The molecule has 0 saturated carbocycles. The lowest BCUT2D eigenvalue weighted by Gasteiger charge is -2.22. The molecule has 1 fully saturated rings. The summed E-state index contributed by atoms with van der Waals surface area (Å²) >= 11 is 0. The summed E-state index contributed by atoms with van der Waals surface area (Å²) in [5.41, 5.74) is 1.43. The van der Waals surface area contributed by atoms with Gasteiger partial charge in [-0.2, -0.15) is 0 Å². The highest BCUT2D eigenvalue weighted by Crippen LogP contribution is 2.20. The van der Waals surface area contributed by atoms with Crippen LogP contribution in [0.15, 0.2) is 24.3 Å². The molecule has 0 atom stereocenters. The number of rotatable bonds is 5. The van der Waals surface area contributed by atoms with Crippen LogP contribution in [0.5, 0.6) is 5.75 Å². The summed E-state index contributed by atoms with van der Waals surface area (Å²) in [7, 11) is 1.71. The van der Waals surface area contributed by atoms with Gasteiger partial charge >= 0.3 is 0 Å². The van der Waals surface area contributed by atoms with E-state index in [9.17, 15) is 0 Å². The van der Waals surface area contributed by atoms with E-state index in [4.69, 9.17) is 4.74 Å². The second-order valence-corrected chi connectivity index (χ2v) is 4.93. The van der Waals surface area contributed by atoms with E-state index in [0.717, 1.165) is 11.7 Å². The molecule has 1 N–H and O–H groups in total. The molecule has 0 aromatic heterocycles. The Bertz CT molecular complexity index is 314. The SMILES string of the molecule is COc1ccc(CCCC2CCNCC2)cc1. The van der Waals surface area contributed by atoms with Crippen molar-refractivity contribution < 1.29 is 4.74 Å². The molecule has 1 heterocycles. The summed E-state index contributed by atoms with van der Waals surface area (Å²) in [6.07, 6.45) is 6.63. The van der Waals surface area contributed by atoms with Gasteiger partial charge in [-0.1, -0.05) is 18.6 Å². The van der Waals surface area contributed by atoms with Gasteiger partial charge in [0.1, 0.15) is 5.75 Å². The van der Waals surface area contributed by atoms with E-state index >= 15 is 0 Å². The van der Waals surface area contributed by atoms with E-state index < -0.39 is 0 Å². The Morgan fingerprint density at radius 1 is 1.18 bits per heavy atom. The maximum atomic E-state index is 5.16. The summed E-state index contributed by atoms with van der Waals surface area (Å²) in [6, 6.07) is 8.47. The van der Waals surface area contributed by atoms with Gasteiger partial charge in [0.25, 0.3) is 0 Å². The predicted molar refractivity (Wildman–Crippen MR) is 71.5 cm³/mol. The number of nitrogens with one attached hydrogen (secondary N) is 1. The molecule has 1 aromatic carbocycles. The van der Waals surface area contributed by atoms with E-state index in [-0.39, 0.29) is 0 Å². The van der Waals surface area contributed by atoms with Gasteiger partial charge in [-0.3, -0.25) is 0 Å². The Labute approximate surface area is 104 Å². The third-order valence-electron chi connectivity index (χ3n) is 3.70. The van der Waals surface area contributed by atoms with Crippen LogP contribution in [0, 0.1) is 5.92 Å². The van der Waals surface area contributed by atoms with Crippen molar-refractivity contribution in [2.24, 2.45) is 5.92 Å². The van der Waals surface area contributed by atoms with Crippen LogP contribution in [0.25, 0.3) is 0 Å². The molecule has 94 valence electrons. The molecule has 1 saturated heterocycles. The highest BCUT2D eigenvalue weighted by atomic mass is 16.5. The molecule has 1 aliphatic heterocycles. The monoisotopic (exact) mass is 233 g/mol. The second kappa shape index (κ2) is 6.65. The number of piperidine rings is 1. The molecule has 0 spiro atoms. The number of hydrogen-bond donors (Lipinski definition) is 1. The standard InChI is InChI=1S/C15H23NO/c1-17-15-7-5-13(6-8-15)3-2-4-14-9-11-16-12-10-14/h5-8,14,16H,2-4,9-12H2,1H3. The van der Waals surface area contributed by atoms with Crippen LogP contribution in [-0.2, 0) is 6.42 Å². The van der Waals surface area contributed by atoms with E-state index in [1.165, 1.54) is 50.8 Å². The Balaban J connectivity index is 1.69. The number of ether oxygens (including phenoxy) is 1. The van der Waals surface area contributed by atoms with Gasteiger partial charge < -0.3 is 10.1 Å². The third-order valence-corrected chi connectivity index (χ3v) is 3.70. The molecule has 1 aromatic rings. The van der Waals surface area contributed by atoms with Gasteiger partial charge in [0.2, 0.25) is 0 Å². The van der Waals surface area contributed by atoms with Gasteiger partial charge in [0.05, 0.1) is 7.11 Å². The van der Waals surface area contributed by atoms with Crippen molar-refractivity contribution in [3.05, 3.63) is 29.8 Å². The van der Waals surface area contributed by atoms with Crippen molar-refractivity contribution in [2.45, 2.75) is 32.1 Å². The Morgan fingerprint density at radius 2 is 1.88 bits per heavy atom. The zero-order valence-corrected chi connectivity index (χ0v) is 10.7. The Morgan fingerprint density at radius 3 is 2.53 bits per heavy atom.